The number of aromatic nitrogens is 2. The third-order valence-corrected chi connectivity index (χ3v) is 2.93. The van der Waals surface area contributed by atoms with Gasteiger partial charge in [0, 0.05) is 26.0 Å². The van der Waals surface area contributed by atoms with Crippen molar-refractivity contribution in [3.05, 3.63) is 17.0 Å². The Morgan fingerprint density at radius 3 is 2.59 bits per heavy atom. The molecule has 1 rings (SSSR count). The maximum atomic E-state index is 11.1. The maximum absolute atomic E-state index is 11.1. The number of carbonyl (C=O) groups excluding carboxylic acids is 1. The Balaban J connectivity index is 2.76. The third kappa shape index (κ3) is 3.40. The average Bonchev–Trinajstić information content (AvgIpc) is 2.71. The second-order valence-corrected chi connectivity index (χ2v) is 4.06. The molecule has 4 heteroatoms. The van der Waals surface area contributed by atoms with Crippen LogP contribution in [0.25, 0.3) is 0 Å². The summed E-state index contributed by atoms with van der Waals surface area (Å²) in [7, 11) is 1.71. The van der Waals surface area contributed by atoms with E-state index >= 15 is 0 Å². The predicted molar refractivity (Wildman–Crippen MR) is 67.5 cm³/mol. The molecule has 1 heterocycles. The highest BCUT2D eigenvalue weighted by Gasteiger charge is 2.14. The number of rotatable bonds is 8. The van der Waals surface area contributed by atoms with Crippen LogP contribution in [0.5, 0.6) is 0 Å². The molecule has 0 radical (unpaired) electrons. The smallest absolute Gasteiger partial charge is 0.153 e. The van der Waals surface area contributed by atoms with Crippen molar-refractivity contribution >= 4 is 6.29 Å². The van der Waals surface area contributed by atoms with Crippen molar-refractivity contribution in [3.8, 4) is 0 Å². The van der Waals surface area contributed by atoms with Gasteiger partial charge in [0.05, 0.1) is 11.3 Å². The number of aryl methyl sites for hydroxylation is 2. The van der Waals surface area contributed by atoms with E-state index < -0.39 is 0 Å². The molecule has 0 aliphatic carbocycles. The highest BCUT2D eigenvalue weighted by Crippen LogP contribution is 2.14. The SMILES string of the molecule is CCc1nn(CCCCOC)c(CC)c1C=O. The number of methoxy groups -OCH3 is 1. The van der Waals surface area contributed by atoms with Crippen LogP contribution in [0.1, 0.15) is 48.4 Å². The molecule has 17 heavy (non-hydrogen) atoms. The summed E-state index contributed by atoms with van der Waals surface area (Å²) in [5.41, 5.74) is 2.78. The summed E-state index contributed by atoms with van der Waals surface area (Å²) in [4.78, 5) is 11.1. The first kappa shape index (κ1) is 13.9. The van der Waals surface area contributed by atoms with Gasteiger partial charge in [-0.3, -0.25) is 9.48 Å². The van der Waals surface area contributed by atoms with Gasteiger partial charge in [0.25, 0.3) is 0 Å². The minimum Gasteiger partial charge on any atom is -0.385 e. The standard InChI is InChI=1S/C13H22N2O2/c1-4-12-11(10-16)13(5-2)15(14-12)8-6-7-9-17-3/h10H,4-9H2,1-3H3. The fourth-order valence-corrected chi connectivity index (χ4v) is 2.03. The van der Waals surface area contributed by atoms with E-state index in [1.807, 2.05) is 11.6 Å². The number of carbonyl (C=O) groups is 1. The van der Waals surface area contributed by atoms with Crippen LogP contribution < -0.4 is 0 Å². The highest BCUT2D eigenvalue weighted by molar-refractivity contribution is 5.78. The minimum atomic E-state index is 0.782. The largest absolute Gasteiger partial charge is 0.385 e. The summed E-state index contributed by atoms with van der Waals surface area (Å²) in [5.74, 6) is 0. The van der Waals surface area contributed by atoms with E-state index in [0.717, 1.165) is 62.1 Å². The lowest BCUT2D eigenvalue weighted by Crippen LogP contribution is -2.06. The van der Waals surface area contributed by atoms with Crippen molar-refractivity contribution in [3.63, 3.8) is 0 Å². The van der Waals surface area contributed by atoms with Gasteiger partial charge in [-0.25, -0.2) is 0 Å². The molecule has 0 saturated heterocycles. The van der Waals surface area contributed by atoms with Crippen LogP contribution >= 0.6 is 0 Å². The molecule has 0 aliphatic rings. The molecule has 4 nitrogen and oxygen atoms in total. The molecule has 0 spiro atoms. The molecule has 0 bridgehead atoms. The Morgan fingerprint density at radius 1 is 1.29 bits per heavy atom. The molecule has 0 aromatic carbocycles. The van der Waals surface area contributed by atoms with Gasteiger partial charge in [0.2, 0.25) is 0 Å². The molecule has 0 amide bonds. The summed E-state index contributed by atoms with van der Waals surface area (Å²) >= 11 is 0. The molecular formula is C13H22N2O2. The molecular weight excluding hydrogens is 216 g/mol. The quantitative estimate of drug-likeness (QED) is 0.515. The topological polar surface area (TPSA) is 44.1 Å². The van der Waals surface area contributed by atoms with Gasteiger partial charge >= 0.3 is 0 Å². The summed E-state index contributed by atoms with van der Waals surface area (Å²) in [6, 6.07) is 0. The van der Waals surface area contributed by atoms with E-state index in [1.54, 1.807) is 7.11 Å². The number of ether oxygens (including phenoxy) is 1. The van der Waals surface area contributed by atoms with Crippen molar-refractivity contribution in [1.29, 1.82) is 0 Å². The third-order valence-electron chi connectivity index (χ3n) is 2.93. The van der Waals surface area contributed by atoms with Gasteiger partial charge in [-0.2, -0.15) is 5.10 Å². The van der Waals surface area contributed by atoms with Crippen LogP contribution in [0.3, 0.4) is 0 Å². The van der Waals surface area contributed by atoms with Crippen LogP contribution in [-0.2, 0) is 24.1 Å². The van der Waals surface area contributed by atoms with E-state index in [2.05, 4.69) is 12.0 Å². The molecule has 0 unspecified atom stereocenters. The summed E-state index contributed by atoms with van der Waals surface area (Å²) in [6.45, 7) is 5.75. The molecule has 96 valence electrons. The van der Waals surface area contributed by atoms with E-state index in [1.165, 1.54) is 0 Å². The summed E-state index contributed by atoms with van der Waals surface area (Å²) in [5, 5.41) is 4.51. The first-order chi connectivity index (χ1) is 8.28. The van der Waals surface area contributed by atoms with Crippen LogP contribution in [0.2, 0.25) is 0 Å². The normalized spacial score (nSPS) is 10.8. The van der Waals surface area contributed by atoms with Crippen LogP contribution in [0.4, 0.5) is 0 Å². The van der Waals surface area contributed by atoms with Crippen molar-refractivity contribution in [1.82, 2.24) is 9.78 Å². The van der Waals surface area contributed by atoms with Gasteiger partial charge in [-0.1, -0.05) is 13.8 Å². The number of hydrogen-bond donors (Lipinski definition) is 0. The fraction of sp³-hybridized carbons (Fsp3) is 0.692. The fourth-order valence-electron chi connectivity index (χ4n) is 2.03. The molecule has 1 aromatic rings. The van der Waals surface area contributed by atoms with E-state index in [9.17, 15) is 4.79 Å². The van der Waals surface area contributed by atoms with Crippen molar-refractivity contribution in [2.24, 2.45) is 0 Å². The Labute approximate surface area is 103 Å². The van der Waals surface area contributed by atoms with Crippen LogP contribution in [0.15, 0.2) is 0 Å². The van der Waals surface area contributed by atoms with Gasteiger partial charge in [-0.15, -0.1) is 0 Å². The Morgan fingerprint density at radius 2 is 2.06 bits per heavy atom. The molecule has 0 N–H and O–H groups in total. The predicted octanol–water partition coefficient (Wildman–Crippen LogP) is 2.25. The maximum Gasteiger partial charge on any atom is 0.153 e. The summed E-state index contributed by atoms with van der Waals surface area (Å²) < 4.78 is 7.01. The molecule has 0 fully saturated rings. The highest BCUT2D eigenvalue weighted by atomic mass is 16.5. The van der Waals surface area contributed by atoms with Crippen molar-refractivity contribution < 1.29 is 9.53 Å². The second kappa shape index (κ2) is 7.22. The Bertz CT molecular complexity index is 359. The lowest BCUT2D eigenvalue weighted by molar-refractivity contribution is 0.112. The number of hydrogen-bond acceptors (Lipinski definition) is 3. The van der Waals surface area contributed by atoms with Crippen molar-refractivity contribution in [2.75, 3.05) is 13.7 Å². The monoisotopic (exact) mass is 238 g/mol. The van der Waals surface area contributed by atoms with E-state index in [-0.39, 0.29) is 0 Å². The van der Waals surface area contributed by atoms with Gasteiger partial charge in [-0.05, 0) is 25.7 Å². The lowest BCUT2D eigenvalue weighted by atomic mass is 10.1. The molecule has 0 aliphatic heterocycles. The van der Waals surface area contributed by atoms with Crippen molar-refractivity contribution in [2.45, 2.75) is 46.1 Å². The van der Waals surface area contributed by atoms with Gasteiger partial charge < -0.3 is 4.74 Å². The zero-order valence-electron chi connectivity index (χ0n) is 11.0. The zero-order chi connectivity index (χ0) is 12.7. The molecule has 0 saturated carbocycles. The minimum absolute atomic E-state index is 0.782. The number of aldehydes is 1. The lowest BCUT2D eigenvalue weighted by Gasteiger charge is -2.05. The van der Waals surface area contributed by atoms with Gasteiger partial charge in [0.1, 0.15) is 0 Å². The van der Waals surface area contributed by atoms with Crippen LogP contribution in [-0.4, -0.2) is 29.8 Å². The number of nitrogens with zero attached hydrogens (tertiary/aromatic N) is 2. The first-order valence-electron chi connectivity index (χ1n) is 6.31. The van der Waals surface area contributed by atoms with E-state index in [4.69, 9.17) is 4.74 Å². The second-order valence-electron chi connectivity index (χ2n) is 4.06. The average molecular weight is 238 g/mol. The summed E-state index contributed by atoms with van der Waals surface area (Å²) in [6.07, 6.45) is 4.66. The zero-order valence-corrected chi connectivity index (χ0v) is 11.0. The molecule has 0 atom stereocenters. The van der Waals surface area contributed by atoms with E-state index in [0.29, 0.717) is 0 Å². The first-order valence-corrected chi connectivity index (χ1v) is 6.31. The Kier molecular flexibility index (Phi) is 5.91. The Hall–Kier alpha value is -1.16. The van der Waals surface area contributed by atoms with Gasteiger partial charge in [0.15, 0.2) is 6.29 Å². The van der Waals surface area contributed by atoms with Crippen LogP contribution in [0, 0.1) is 0 Å². The number of unbranched alkanes of at least 4 members (excludes halogenated alkanes) is 1. The molecule has 1 aromatic heterocycles.